The second-order valence-corrected chi connectivity index (χ2v) is 6.52. The van der Waals surface area contributed by atoms with Gasteiger partial charge in [0, 0.05) is 24.5 Å². The highest BCUT2D eigenvalue weighted by molar-refractivity contribution is 9.09. The minimum atomic E-state index is 0.603. The van der Waals surface area contributed by atoms with Crippen molar-refractivity contribution in [3.63, 3.8) is 0 Å². The van der Waals surface area contributed by atoms with E-state index in [1.165, 1.54) is 57.1 Å². The highest BCUT2D eigenvalue weighted by atomic mass is 79.9. The highest BCUT2D eigenvalue weighted by Gasteiger charge is 2.37. The normalized spacial score (nSPS) is 29.6. The molecule has 1 aliphatic carbocycles. The fourth-order valence-corrected chi connectivity index (χ4v) is 3.96. The summed E-state index contributed by atoms with van der Waals surface area (Å²) in [7, 11) is 4.57. The summed E-state index contributed by atoms with van der Waals surface area (Å²) in [5, 5.41) is 1.19. The molecule has 0 bridgehead atoms. The Labute approximate surface area is 108 Å². The molecule has 1 saturated heterocycles. The van der Waals surface area contributed by atoms with Crippen LogP contribution in [0.15, 0.2) is 0 Å². The van der Waals surface area contributed by atoms with Crippen LogP contribution in [0.5, 0.6) is 0 Å². The molecule has 0 spiro atoms. The fraction of sp³-hybridized carbons (Fsp3) is 1.00. The molecule has 0 amide bonds. The van der Waals surface area contributed by atoms with Gasteiger partial charge in [0.25, 0.3) is 0 Å². The van der Waals surface area contributed by atoms with Crippen molar-refractivity contribution in [2.75, 3.05) is 39.1 Å². The number of hydrogen-bond donors (Lipinski definition) is 0. The summed E-state index contributed by atoms with van der Waals surface area (Å²) in [5.74, 6) is 0. The summed E-state index contributed by atoms with van der Waals surface area (Å²) < 4.78 is 0. The van der Waals surface area contributed by atoms with Crippen LogP contribution in [0.4, 0.5) is 0 Å². The maximum Gasteiger partial charge on any atom is 0.0220 e. The number of alkyl halides is 1. The van der Waals surface area contributed by atoms with E-state index in [-0.39, 0.29) is 0 Å². The molecule has 94 valence electrons. The van der Waals surface area contributed by atoms with Gasteiger partial charge in [0.05, 0.1) is 0 Å². The van der Waals surface area contributed by atoms with E-state index in [9.17, 15) is 0 Å². The standard InChI is InChI=1S/C13H25BrN2/c1-15(9-12-5-3-8-16(12)2)11-13(10-14)6-4-7-13/h12H,3-11H2,1-2H3. The van der Waals surface area contributed by atoms with Gasteiger partial charge >= 0.3 is 0 Å². The minimum Gasteiger partial charge on any atom is -0.304 e. The third-order valence-corrected chi connectivity index (χ3v) is 5.69. The van der Waals surface area contributed by atoms with E-state index >= 15 is 0 Å². The van der Waals surface area contributed by atoms with Crippen LogP contribution in [-0.4, -0.2) is 54.9 Å². The number of likely N-dealkylation sites (tertiary alicyclic amines) is 1. The molecule has 2 nitrogen and oxygen atoms in total. The van der Waals surface area contributed by atoms with Gasteiger partial charge in [-0.25, -0.2) is 0 Å². The first-order valence-corrected chi connectivity index (χ1v) is 7.72. The third kappa shape index (κ3) is 2.80. The molecular weight excluding hydrogens is 264 g/mol. The summed E-state index contributed by atoms with van der Waals surface area (Å²) in [6.07, 6.45) is 7.05. The zero-order valence-corrected chi connectivity index (χ0v) is 12.3. The lowest BCUT2D eigenvalue weighted by Gasteiger charge is -2.44. The molecule has 1 atom stereocenters. The Balaban J connectivity index is 1.77. The van der Waals surface area contributed by atoms with E-state index in [0.29, 0.717) is 5.41 Å². The van der Waals surface area contributed by atoms with Crippen molar-refractivity contribution in [2.24, 2.45) is 5.41 Å². The average molecular weight is 289 g/mol. The molecular formula is C13H25BrN2. The van der Waals surface area contributed by atoms with Gasteiger partial charge in [0.1, 0.15) is 0 Å². The summed E-state index contributed by atoms with van der Waals surface area (Å²) in [6, 6.07) is 0.803. The first kappa shape index (κ1) is 12.8. The third-order valence-electron chi connectivity index (χ3n) is 4.50. The molecule has 0 aromatic carbocycles. The van der Waals surface area contributed by atoms with E-state index in [4.69, 9.17) is 0 Å². The quantitative estimate of drug-likeness (QED) is 0.718. The maximum atomic E-state index is 3.70. The molecule has 1 unspecified atom stereocenters. The van der Waals surface area contributed by atoms with Crippen molar-refractivity contribution >= 4 is 15.9 Å². The molecule has 0 aromatic heterocycles. The van der Waals surface area contributed by atoms with E-state index < -0.39 is 0 Å². The molecule has 1 saturated carbocycles. The van der Waals surface area contributed by atoms with Crippen LogP contribution in [-0.2, 0) is 0 Å². The Morgan fingerprint density at radius 3 is 2.56 bits per heavy atom. The van der Waals surface area contributed by atoms with Crippen molar-refractivity contribution in [1.82, 2.24) is 9.80 Å². The maximum absolute atomic E-state index is 3.70. The average Bonchev–Trinajstić information content (AvgIpc) is 2.58. The molecule has 0 radical (unpaired) electrons. The highest BCUT2D eigenvalue weighted by Crippen LogP contribution is 2.42. The van der Waals surface area contributed by atoms with Gasteiger partial charge < -0.3 is 9.80 Å². The Morgan fingerprint density at radius 2 is 2.12 bits per heavy atom. The van der Waals surface area contributed by atoms with Crippen LogP contribution in [0.3, 0.4) is 0 Å². The summed E-state index contributed by atoms with van der Waals surface area (Å²) in [6.45, 7) is 3.83. The fourth-order valence-electron chi connectivity index (χ4n) is 3.22. The second kappa shape index (κ2) is 5.36. The van der Waals surface area contributed by atoms with Gasteiger partial charge in [-0.05, 0) is 51.7 Å². The van der Waals surface area contributed by atoms with Crippen molar-refractivity contribution in [3.8, 4) is 0 Å². The molecule has 2 fully saturated rings. The lowest BCUT2D eigenvalue weighted by atomic mass is 9.70. The van der Waals surface area contributed by atoms with Gasteiger partial charge in [0.2, 0.25) is 0 Å². The van der Waals surface area contributed by atoms with E-state index in [2.05, 4.69) is 39.8 Å². The molecule has 1 heterocycles. The summed E-state index contributed by atoms with van der Waals surface area (Å²) in [4.78, 5) is 5.09. The Hall–Kier alpha value is 0.400. The first-order valence-electron chi connectivity index (χ1n) is 6.60. The topological polar surface area (TPSA) is 6.48 Å². The van der Waals surface area contributed by atoms with Crippen molar-refractivity contribution in [2.45, 2.75) is 38.1 Å². The number of halogens is 1. The van der Waals surface area contributed by atoms with E-state index in [1.54, 1.807) is 0 Å². The van der Waals surface area contributed by atoms with Gasteiger partial charge in [-0.1, -0.05) is 22.4 Å². The van der Waals surface area contributed by atoms with Gasteiger partial charge in [-0.15, -0.1) is 0 Å². The lowest BCUT2D eigenvalue weighted by molar-refractivity contribution is 0.0923. The smallest absolute Gasteiger partial charge is 0.0220 e. The molecule has 0 aromatic rings. The first-order chi connectivity index (χ1) is 7.65. The predicted octanol–water partition coefficient (Wildman–Crippen LogP) is 2.58. The largest absolute Gasteiger partial charge is 0.304 e. The van der Waals surface area contributed by atoms with Crippen molar-refractivity contribution in [1.29, 1.82) is 0 Å². The second-order valence-electron chi connectivity index (χ2n) is 5.96. The monoisotopic (exact) mass is 288 g/mol. The molecule has 2 rings (SSSR count). The zero-order valence-electron chi connectivity index (χ0n) is 10.7. The van der Waals surface area contributed by atoms with Crippen LogP contribution < -0.4 is 0 Å². The minimum absolute atomic E-state index is 0.603. The zero-order chi connectivity index (χ0) is 11.6. The lowest BCUT2D eigenvalue weighted by Crippen LogP contribution is -2.45. The number of nitrogens with zero attached hydrogens (tertiary/aromatic N) is 2. The van der Waals surface area contributed by atoms with Crippen LogP contribution >= 0.6 is 15.9 Å². The van der Waals surface area contributed by atoms with Crippen LogP contribution in [0.2, 0.25) is 0 Å². The van der Waals surface area contributed by atoms with Crippen molar-refractivity contribution in [3.05, 3.63) is 0 Å². The summed E-state index contributed by atoms with van der Waals surface area (Å²) >= 11 is 3.70. The predicted molar refractivity (Wildman–Crippen MR) is 73.2 cm³/mol. The van der Waals surface area contributed by atoms with Gasteiger partial charge in [-0.2, -0.15) is 0 Å². The number of likely N-dealkylation sites (N-methyl/N-ethyl adjacent to an activating group) is 2. The van der Waals surface area contributed by atoms with E-state index in [0.717, 1.165) is 6.04 Å². The van der Waals surface area contributed by atoms with Crippen LogP contribution in [0, 0.1) is 5.41 Å². The number of rotatable bonds is 5. The molecule has 0 N–H and O–H groups in total. The molecule has 1 aliphatic heterocycles. The molecule has 3 heteroatoms. The Kier molecular flexibility index (Phi) is 4.31. The molecule has 2 aliphatic rings. The Bertz CT molecular complexity index is 222. The van der Waals surface area contributed by atoms with Crippen LogP contribution in [0.25, 0.3) is 0 Å². The van der Waals surface area contributed by atoms with Crippen LogP contribution in [0.1, 0.15) is 32.1 Å². The number of hydrogen-bond acceptors (Lipinski definition) is 2. The SMILES string of the molecule is CN(CC1CCCN1C)CC1(CBr)CCC1. The van der Waals surface area contributed by atoms with E-state index in [1.807, 2.05) is 0 Å². The Morgan fingerprint density at radius 1 is 1.38 bits per heavy atom. The van der Waals surface area contributed by atoms with Gasteiger partial charge in [0.15, 0.2) is 0 Å². The van der Waals surface area contributed by atoms with Crippen molar-refractivity contribution < 1.29 is 0 Å². The van der Waals surface area contributed by atoms with Gasteiger partial charge in [-0.3, -0.25) is 0 Å². The molecule has 16 heavy (non-hydrogen) atoms. The summed E-state index contributed by atoms with van der Waals surface area (Å²) in [5.41, 5.74) is 0.603.